The van der Waals surface area contributed by atoms with E-state index in [0.29, 0.717) is 31.5 Å². The smallest absolute Gasteiger partial charge is 0.309 e. The summed E-state index contributed by atoms with van der Waals surface area (Å²) in [6.07, 6.45) is 1.14. The first-order chi connectivity index (χ1) is 14.1. The molecule has 148 valence electrons. The van der Waals surface area contributed by atoms with Gasteiger partial charge in [-0.1, -0.05) is 42.5 Å². The highest BCUT2D eigenvalue weighted by Crippen LogP contribution is 2.23. The molecule has 1 aliphatic heterocycles. The monoisotopic (exact) mass is 391 g/mol. The van der Waals surface area contributed by atoms with Crippen molar-refractivity contribution in [1.82, 2.24) is 4.90 Å². The second kappa shape index (κ2) is 8.43. The molecule has 0 aliphatic carbocycles. The van der Waals surface area contributed by atoms with Crippen molar-refractivity contribution in [2.24, 2.45) is 5.92 Å². The summed E-state index contributed by atoms with van der Waals surface area (Å²) in [6, 6.07) is 19.5. The molecule has 0 saturated carbocycles. The van der Waals surface area contributed by atoms with Crippen LogP contribution in [-0.2, 0) is 16.1 Å². The van der Waals surface area contributed by atoms with Crippen molar-refractivity contribution in [3.05, 3.63) is 83.7 Å². The lowest BCUT2D eigenvalue weighted by Crippen LogP contribution is -2.40. The SMILES string of the molecule is O=C(OCc1cccc2ccccc12)C1CCN(C(=O)c2ccc(F)cc2)CC1. The number of nitrogens with zero attached hydrogens (tertiary/aromatic N) is 1. The molecule has 0 aromatic heterocycles. The Morgan fingerprint density at radius 3 is 2.38 bits per heavy atom. The molecular weight excluding hydrogens is 369 g/mol. The van der Waals surface area contributed by atoms with E-state index >= 15 is 0 Å². The Bertz CT molecular complexity index is 1020. The molecule has 1 heterocycles. The third-order valence-electron chi connectivity index (χ3n) is 5.46. The molecule has 0 bridgehead atoms. The number of rotatable bonds is 4. The van der Waals surface area contributed by atoms with Gasteiger partial charge in [0.05, 0.1) is 5.92 Å². The van der Waals surface area contributed by atoms with Crippen LogP contribution in [0.25, 0.3) is 10.8 Å². The molecule has 29 heavy (non-hydrogen) atoms. The maximum Gasteiger partial charge on any atom is 0.309 e. The van der Waals surface area contributed by atoms with Crippen molar-refractivity contribution in [3.63, 3.8) is 0 Å². The van der Waals surface area contributed by atoms with Gasteiger partial charge in [-0.3, -0.25) is 9.59 Å². The van der Waals surface area contributed by atoms with Gasteiger partial charge in [0.2, 0.25) is 0 Å². The number of halogens is 1. The predicted octanol–water partition coefficient (Wildman–Crippen LogP) is 4.57. The Hall–Kier alpha value is -3.21. The summed E-state index contributed by atoms with van der Waals surface area (Å²) >= 11 is 0. The largest absolute Gasteiger partial charge is 0.461 e. The van der Waals surface area contributed by atoms with E-state index in [9.17, 15) is 14.0 Å². The molecule has 1 saturated heterocycles. The van der Waals surface area contributed by atoms with Crippen molar-refractivity contribution in [1.29, 1.82) is 0 Å². The summed E-state index contributed by atoms with van der Waals surface area (Å²) < 4.78 is 18.6. The van der Waals surface area contributed by atoms with E-state index in [0.717, 1.165) is 16.3 Å². The van der Waals surface area contributed by atoms with E-state index in [1.54, 1.807) is 4.90 Å². The van der Waals surface area contributed by atoms with E-state index < -0.39 is 0 Å². The van der Waals surface area contributed by atoms with Gasteiger partial charge in [-0.15, -0.1) is 0 Å². The number of hydrogen-bond acceptors (Lipinski definition) is 3. The maximum absolute atomic E-state index is 13.0. The Morgan fingerprint density at radius 1 is 0.931 bits per heavy atom. The average molecular weight is 391 g/mol. The molecule has 0 N–H and O–H groups in total. The van der Waals surface area contributed by atoms with Crippen LogP contribution in [0, 0.1) is 11.7 Å². The molecule has 4 rings (SSSR count). The van der Waals surface area contributed by atoms with Crippen LogP contribution in [-0.4, -0.2) is 29.9 Å². The number of carbonyl (C=O) groups excluding carboxylic acids is 2. The number of esters is 1. The number of fused-ring (bicyclic) bond motifs is 1. The van der Waals surface area contributed by atoms with Crippen LogP contribution < -0.4 is 0 Å². The standard InChI is InChI=1S/C24H22FNO3/c25-21-10-8-18(9-11-21)23(27)26-14-12-19(13-15-26)24(28)29-16-20-6-3-5-17-4-1-2-7-22(17)20/h1-11,19H,12-16H2. The zero-order valence-electron chi connectivity index (χ0n) is 16.0. The van der Waals surface area contributed by atoms with Crippen LogP contribution in [0.3, 0.4) is 0 Å². The third-order valence-corrected chi connectivity index (χ3v) is 5.46. The van der Waals surface area contributed by atoms with Gasteiger partial charge in [0, 0.05) is 18.7 Å². The lowest BCUT2D eigenvalue weighted by atomic mass is 9.96. The van der Waals surface area contributed by atoms with E-state index in [2.05, 4.69) is 0 Å². The van der Waals surface area contributed by atoms with Crippen molar-refractivity contribution in [2.45, 2.75) is 19.4 Å². The number of piperidine rings is 1. The fraction of sp³-hybridized carbons (Fsp3) is 0.250. The quantitative estimate of drug-likeness (QED) is 0.612. The van der Waals surface area contributed by atoms with Crippen LogP contribution >= 0.6 is 0 Å². The van der Waals surface area contributed by atoms with Gasteiger partial charge in [0.1, 0.15) is 12.4 Å². The van der Waals surface area contributed by atoms with E-state index in [1.807, 2.05) is 42.5 Å². The van der Waals surface area contributed by atoms with Crippen LogP contribution in [0.15, 0.2) is 66.7 Å². The van der Waals surface area contributed by atoms with Gasteiger partial charge < -0.3 is 9.64 Å². The van der Waals surface area contributed by atoms with E-state index in [1.165, 1.54) is 24.3 Å². The first kappa shape index (κ1) is 19.1. The number of carbonyl (C=O) groups is 2. The normalized spacial score (nSPS) is 14.7. The second-order valence-corrected chi connectivity index (χ2v) is 7.32. The topological polar surface area (TPSA) is 46.6 Å². The third kappa shape index (κ3) is 4.29. The number of ether oxygens (including phenoxy) is 1. The molecular formula is C24H22FNO3. The van der Waals surface area contributed by atoms with Crippen molar-refractivity contribution in [2.75, 3.05) is 13.1 Å². The van der Waals surface area contributed by atoms with Gasteiger partial charge in [-0.2, -0.15) is 0 Å². The Kier molecular flexibility index (Phi) is 5.56. The maximum atomic E-state index is 13.0. The van der Waals surface area contributed by atoms with Crippen LogP contribution in [0.1, 0.15) is 28.8 Å². The Labute approximate surface area is 168 Å². The van der Waals surface area contributed by atoms with Crippen molar-refractivity contribution >= 4 is 22.6 Å². The molecule has 0 atom stereocenters. The minimum atomic E-state index is -0.366. The highest BCUT2D eigenvalue weighted by Gasteiger charge is 2.29. The fourth-order valence-corrected chi connectivity index (χ4v) is 3.78. The second-order valence-electron chi connectivity index (χ2n) is 7.32. The number of benzene rings is 3. The summed E-state index contributed by atoms with van der Waals surface area (Å²) in [6.45, 7) is 1.23. The van der Waals surface area contributed by atoms with Crippen molar-refractivity contribution in [3.8, 4) is 0 Å². The first-order valence-electron chi connectivity index (χ1n) is 9.80. The zero-order chi connectivity index (χ0) is 20.2. The van der Waals surface area contributed by atoms with Gasteiger partial charge in [-0.05, 0) is 53.4 Å². The molecule has 3 aromatic carbocycles. The minimum absolute atomic E-state index is 0.132. The Balaban J connectivity index is 1.32. The zero-order valence-corrected chi connectivity index (χ0v) is 16.0. The molecule has 5 heteroatoms. The highest BCUT2D eigenvalue weighted by atomic mass is 19.1. The lowest BCUT2D eigenvalue weighted by molar-refractivity contribution is -0.151. The highest BCUT2D eigenvalue weighted by molar-refractivity contribution is 5.94. The summed E-state index contributed by atoms with van der Waals surface area (Å²) in [7, 11) is 0. The summed E-state index contributed by atoms with van der Waals surface area (Å²) in [4.78, 5) is 26.7. The molecule has 1 aliphatic rings. The minimum Gasteiger partial charge on any atom is -0.461 e. The van der Waals surface area contributed by atoms with Crippen LogP contribution in [0.5, 0.6) is 0 Å². The summed E-state index contributed by atoms with van der Waals surface area (Å²) in [5.41, 5.74) is 1.45. The number of hydrogen-bond donors (Lipinski definition) is 0. The van der Waals surface area contributed by atoms with Crippen LogP contribution in [0.2, 0.25) is 0 Å². The Morgan fingerprint density at radius 2 is 1.62 bits per heavy atom. The molecule has 0 radical (unpaired) electrons. The van der Waals surface area contributed by atoms with Gasteiger partial charge in [0.25, 0.3) is 5.91 Å². The van der Waals surface area contributed by atoms with Gasteiger partial charge >= 0.3 is 5.97 Å². The molecule has 0 spiro atoms. The molecule has 0 unspecified atom stereocenters. The first-order valence-corrected chi connectivity index (χ1v) is 9.80. The predicted molar refractivity (Wildman–Crippen MR) is 109 cm³/mol. The number of amides is 1. The molecule has 1 fully saturated rings. The van der Waals surface area contributed by atoms with Crippen LogP contribution in [0.4, 0.5) is 4.39 Å². The van der Waals surface area contributed by atoms with Crippen molar-refractivity contribution < 1.29 is 18.7 Å². The van der Waals surface area contributed by atoms with Gasteiger partial charge in [0.15, 0.2) is 0 Å². The fourth-order valence-electron chi connectivity index (χ4n) is 3.78. The lowest BCUT2D eigenvalue weighted by Gasteiger charge is -2.31. The summed E-state index contributed by atoms with van der Waals surface area (Å²) in [5, 5.41) is 2.20. The van der Waals surface area contributed by atoms with Gasteiger partial charge in [-0.25, -0.2) is 4.39 Å². The van der Waals surface area contributed by atoms with E-state index in [4.69, 9.17) is 4.74 Å². The molecule has 4 nitrogen and oxygen atoms in total. The summed E-state index contributed by atoms with van der Waals surface area (Å²) in [5.74, 6) is -0.921. The molecule has 1 amide bonds. The number of likely N-dealkylation sites (tertiary alicyclic amines) is 1. The van der Waals surface area contributed by atoms with E-state index in [-0.39, 0.29) is 30.2 Å². The average Bonchev–Trinajstić information content (AvgIpc) is 2.77. The molecule has 3 aromatic rings.